The van der Waals surface area contributed by atoms with Crippen molar-refractivity contribution in [3.63, 3.8) is 0 Å². The number of rotatable bonds is 6. The number of nitrogens with zero attached hydrogens (tertiary/aromatic N) is 1. The van der Waals surface area contributed by atoms with Gasteiger partial charge < -0.3 is 4.74 Å². The van der Waals surface area contributed by atoms with Gasteiger partial charge in [0.15, 0.2) is 0 Å². The van der Waals surface area contributed by atoms with E-state index in [2.05, 4.69) is 21.8 Å². The quantitative estimate of drug-likeness (QED) is 0.788. The van der Waals surface area contributed by atoms with Crippen molar-refractivity contribution < 1.29 is 13.2 Å². The first kappa shape index (κ1) is 19.6. The van der Waals surface area contributed by atoms with E-state index in [1.807, 2.05) is 18.2 Å². The van der Waals surface area contributed by atoms with Gasteiger partial charge in [-0.05, 0) is 17.7 Å². The molecule has 5 nitrogen and oxygen atoms in total. The first-order valence-electron chi connectivity index (χ1n) is 8.27. The molecule has 1 heterocycles. The first-order chi connectivity index (χ1) is 12.5. The summed E-state index contributed by atoms with van der Waals surface area (Å²) in [6, 6.07) is 14.8. The van der Waals surface area contributed by atoms with Gasteiger partial charge >= 0.3 is 0 Å². The van der Waals surface area contributed by atoms with Gasteiger partial charge in [-0.2, -0.15) is 0 Å². The van der Waals surface area contributed by atoms with Crippen LogP contribution in [-0.2, 0) is 21.3 Å². The van der Waals surface area contributed by atoms with Crippen LogP contribution < -0.4 is 4.72 Å². The Labute approximate surface area is 163 Å². The molecule has 3 rings (SSSR count). The second-order valence-corrected chi connectivity index (χ2v) is 8.63. The minimum Gasteiger partial charge on any atom is -0.374 e. The summed E-state index contributed by atoms with van der Waals surface area (Å²) >= 11 is 12.0. The molecule has 0 aromatic heterocycles. The van der Waals surface area contributed by atoms with Crippen LogP contribution in [0.2, 0.25) is 10.0 Å². The number of hydrogen-bond donors (Lipinski definition) is 1. The lowest BCUT2D eigenvalue weighted by Crippen LogP contribution is -2.47. The monoisotopic (exact) mass is 414 g/mol. The molecule has 140 valence electrons. The van der Waals surface area contributed by atoms with Gasteiger partial charge in [-0.15, -0.1) is 0 Å². The molecule has 8 heteroatoms. The zero-order valence-electron chi connectivity index (χ0n) is 14.1. The van der Waals surface area contributed by atoms with Gasteiger partial charge in [0.1, 0.15) is 4.90 Å². The van der Waals surface area contributed by atoms with Gasteiger partial charge in [0, 0.05) is 26.2 Å². The zero-order valence-corrected chi connectivity index (χ0v) is 16.4. The van der Waals surface area contributed by atoms with Crippen LogP contribution >= 0.6 is 23.2 Å². The van der Waals surface area contributed by atoms with Crippen molar-refractivity contribution in [1.29, 1.82) is 0 Å². The molecule has 2 aromatic rings. The van der Waals surface area contributed by atoms with E-state index in [4.69, 9.17) is 27.9 Å². The number of morpholine rings is 1. The Bertz CT molecular complexity index is 827. The first-order valence-corrected chi connectivity index (χ1v) is 10.5. The zero-order chi connectivity index (χ0) is 18.6. The molecule has 0 radical (unpaired) electrons. The topological polar surface area (TPSA) is 58.6 Å². The average Bonchev–Trinajstić information content (AvgIpc) is 2.61. The highest BCUT2D eigenvalue weighted by Crippen LogP contribution is 2.28. The van der Waals surface area contributed by atoms with E-state index in [0.717, 1.165) is 13.1 Å². The lowest BCUT2D eigenvalue weighted by molar-refractivity contribution is -0.0276. The third-order valence-electron chi connectivity index (χ3n) is 4.16. The summed E-state index contributed by atoms with van der Waals surface area (Å²) < 4.78 is 33.3. The minimum atomic E-state index is -3.81. The Kier molecular flexibility index (Phi) is 6.55. The SMILES string of the molecule is O=S(=O)(NCC1CN(Cc2ccccc2)CCO1)c1c(Cl)cccc1Cl. The van der Waals surface area contributed by atoms with E-state index in [0.29, 0.717) is 13.2 Å². The van der Waals surface area contributed by atoms with Gasteiger partial charge in [0.25, 0.3) is 0 Å². The number of benzene rings is 2. The van der Waals surface area contributed by atoms with Gasteiger partial charge in [-0.3, -0.25) is 4.90 Å². The predicted molar refractivity (Wildman–Crippen MR) is 103 cm³/mol. The van der Waals surface area contributed by atoms with Crippen LogP contribution in [0.25, 0.3) is 0 Å². The van der Waals surface area contributed by atoms with Gasteiger partial charge in [-0.25, -0.2) is 13.1 Å². The van der Waals surface area contributed by atoms with Crippen molar-refractivity contribution in [2.45, 2.75) is 17.5 Å². The van der Waals surface area contributed by atoms with Crippen LogP contribution in [0.3, 0.4) is 0 Å². The summed E-state index contributed by atoms with van der Waals surface area (Å²) in [6.07, 6.45) is -0.233. The van der Waals surface area contributed by atoms with Crippen molar-refractivity contribution in [2.75, 3.05) is 26.2 Å². The van der Waals surface area contributed by atoms with E-state index in [-0.39, 0.29) is 27.6 Å². The van der Waals surface area contributed by atoms with E-state index in [1.54, 1.807) is 6.07 Å². The maximum Gasteiger partial charge on any atom is 0.243 e. The van der Waals surface area contributed by atoms with E-state index < -0.39 is 10.0 Å². The molecule has 26 heavy (non-hydrogen) atoms. The lowest BCUT2D eigenvalue weighted by Gasteiger charge is -2.33. The van der Waals surface area contributed by atoms with E-state index in [1.165, 1.54) is 17.7 Å². The molecule has 0 bridgehead atoms. The summed E-state index contributed by atoms with van der Waals surface area (Å²) in [5.41, 5.74) is 1.22. The summed E-state index contributed by atoms with van der Waals surface area (Å²) in [6.45, 7) is 2.99. The highest BCUT2D eigenvalue weighted by molar-refractivity contribution is 7.89. The summed E-state index contributed by atoms with van der Waals surface area (Å²) in [7, 11) is -3.81. The fourth-order valence-electron chi connectivity index (χ4n) is 2.90. The van der Waals surface area contributed by atoms with Gasteiger partial charge in [0.2, 0.25) is 10.0 Å². The highest BCUT2D eigenvalue weighted by atomic mass is 35.5. The molecule has 1 saturated heterocycles. The molecule has 1 N–H and O–H groups in total. The van der Waals surface area contributed by atoms with Crippen molar-refractivity contribution in [3.05, 3.63) is 64.1 Å². The molecule has 0 aliphatic carbocycles. The Morgan fingerprint density at radius 1 is 1.08 bits per heavy atom. The van der Waals surface area contributed by atoms with Crippen LogP contribution in [0, 0.1) is 0 Å². The number of sulfonamides is 1. The third kappa shape index (κ3) is 4.97. The third-order valence-corrected chi connectivity index (χ3v) is 6.54. The largest absolute Gasteiger partial charge is 0.374 e. The minimum absolute atomic E-state index is 0.0970. The predicted octanol–water partition coefficient (Wildman–Crippen LogP) is 3.17. The lowest BCUT2D eigenvalue weighted by atomic mass is 10.2. The Balaban J connectivity index is 1.60. The van der Waals surface area contributed by atoms with Crippen molar-refractivity contribution in [1.82, 2.24) is 9.62 Å². The fourth-order valence-corrected chi connectivity index (χ4v) is 5.11. The van der Waals surface area contributed by atoms with Crippen molar-refractivity contribution in [3.8, 4) is 0 Å². The molecule has 1 unspecified atom stereocenters. The van der Waals surface area contributed by atoms with Crippen LogP contribution in [0.5, 0.6) is 0 Å². The Morgan fingerprint density at radius 3 is 2.46 bits per heavy atom. The normalized spacial score (nSPS) is 18.8. The molecule has 1 aliphatic rings. The average molecular weight is 415 g/mol. The highest BCUT2D eigenvalue weighted by Gasteiger charge is 2.25. The molecular formula is C18H20Cl2N2O3S. The van der Waals surface area contributed by atoms with E-state index >= 15 is 0 Å². The van der Waals surface area contributed by atoms with Crippen LogP contribution in [0.15, 0.2) is 53.4 Å². The Hall–Kier alpha value is -1.15. The number of nitrogens with one attached hydrogen (secondary N) is 1. The van der Waals surface area contributed by atoms with Crippen LogP contribution in [-0.4, -0.2) is 45.7 Å². The fraction of sp³-hybridized carbons (Fsp3) is 0.333. The van der Waals surface area contributed by atoms with Gasteiger partial charge in [-0.1, -0.05) is 59.6 Å². The molecule has 0 spiro atoms. The second kappa shape index (κ2) is 8.69. The molecule has 1 fully saturated rings. The summed E-state index contributed by atoms with van der Waals surface area (Å²) in [4.78, 5) is 2.15. The molecule has 0 amide bonds. The molecule has 1 aliphatic heterocycles. The van der Waals surface area contributed by atoms with Crippen molar-refractivity contribution in [2.24, 2.45) is 0 Å². The maximum atomic E-state index is 12.5. The molecule has 1 atom stereocenters. The second-order valence-electron chi connectivity index (χ2n) is 6.12. The van der Waals surface area contributed by atoms with Crippen LogP contribution in [0.4, 0.5) is 0 Å². The molecule has 0 saturated carbocycles. The van der Waals surface area contributed by atoms with Crippen molar-refractivity contribution >= 4 is 33.2 Å². The maximum absolute atomic E-state index is 12.5. The number of halogens is 2. The summed E-state index contributed by atoms with van der Waals surface area (Å²) in [5.74, 6) is 0. The number of ether oxygens (including phenoxy) is 1. The summed E-state index contributed by atoms with van der Waals surface area (Å²) in [5, 5.41) is 0.195. The Morgan fingerprint density at radius 2 is 1.77 bits per heavy atom. The molecule has 2 aromatic carbocycles. The smallest absolute Gasteiger partial charge is 0.243 e. The molecular weight excluding hydrogens is 395 g/mol. The van der Waals surface area contributed by atoms with Crippen LogP contribution in [0.1, 0.15) is 5.56 Å². The van der Waals surface area contributed by atoms with Gasteiger partial charge in [0.05, 0.1) is 22.8 Å². The number of hydrogen-bond acceptors (Lipinski definition) is 4. The standard InChI is InChI=1S/C18H20Cl2N2O3S/c19-16-7-4-8-17(20)18(16)26(23,24)21-11-15-13-22(9-10-25-15)12-14-5-2-1-3-6-14/h1-8,15,21H,9-13H2. The van der Waals surface area contributed by atoms with E-state index in [9.17, 15) is 8.42 Å².